The van der Waals surface area contributed by atoms with Gasteiger partial charge in [-0.2, -0.15) is 0 Å². The van der Waals surface area contributed by atoms with Gasteiger partial charge >= 0.3 is 5.97 Å². The van der Waals surface area contributed by atoms with Gasteiger partial charge in [-0.25, -0.2) is 0 Å². The van der Waals surface area contributed by atoms with Crippen LogP contribution in [0.5, 0.6) is 0 Å². The molecule has 11 heteroatoms. The molecule has 0 aromatic carbocycles. The zero-order chi connectivity index (χ0) is 22.6. The topological polar surface area (TPSA) is 187 Å². The molecule has 11 nitrogen and oxygen atoms in total. The van der Waals surface area contributed by atoms with Crippen molar-refractivity contribution in [2.24, 2.45) is 22.2 Å². The number of aliphatic imine (C=N–C) groups is 1. The predicted molar refractivity (Wildman–Crippen MR) is 116 cm³/mol. The maximum Gasteiger partial charge on any atom is 0.302 e. The Balaban J connectivity index is 3.96. The number of nitrogens with one attached hydrogen (secondary N) is 3. The van der Waals surface area contributed by atoms with Crippen molar-refractivity contribution in [3.8, 4) is 0 Å². The highest BCUT2D eigenvalue weighted by molar-refractivity contribution is 5.84. The molecule has 0 aliphatic carbocycles. The molecule has 0 saturated carbocycles. The molecular weight excluding hydrogens is 390 g/mol. The highest BCUT2D eigenvalue weighted by Crippen LogP contribution is 2.10. The van der Waals surface area contributed by atoms with Crippen LogP contribution in [0.4, 0.5) is 0 Å². The Hall–Kier alpha value is -2.40. The number of nitrogens with two attached hydrogens (primary N) is 3. The van der Waals surface area contributed by atoms with Gasteiger partial charge in [0.05, 0.1) is 13.0 Å². The first kappa shape index (κ1) is 27.6. The smallest absolute Gasteiger partial charge is 0.302 e. The van der Waals surface area contributed by atoms with Crippen LogP contribution in [0, 0.1) is 0 Å². The zero-order valence-corrected chi connectivity index (χ0v) is 18.1. The molecule has 1 unspecified atom stereocenters. The molecule has 1 atom stereocenters. The van der Waals surface area contributed by atoms with Crippen LogP contribution < -0.4 is 33.2 Å². The molecule has 0 aliphatic heterocycles. The number of guanidine groups is 1. The summed E-state index contributed by atoms with van der Waals surface area (Å²) >= 11 is 0. The van der Waals surface area contributed by atoms with Crippen molar-refractivity contribution in [1.82, 2.24) is 16.0 Å². The summed E-state index contributed by atoms with van der Waals surface area (Å²) < 4.78 is 5.18. The molecule has 9 N–H and O–H groups in total. The normalized spacial score (nSPS) is 11.4. The molecule has 0 aliphatic rings. The van der Waals surface area contributed by atoms with E-state index in [0.29, 0.717) is 38.9 Å². The fraction of sp³-hybridized carbons (Fsp3) is 0.789. The second-order valence-corrected chi connectivity index (χ2v) is 6.96. The SMILES string of the molecule is CC(=O)OC(CCCCN=C(N)N)CC(=O)NCC(=O)NCCCCNCCCN. The van der Waals surface area contributed by atoms with Crippen LogP contribution in [0.1, 0.15) is 51.9 Å². The van der Waals surface area contributed by atoms with Crippen LogP contribution in [-0.4, -0.2) is 69.1 Å². The van der Waals surface area contributed by atoms with Crippen LogP contribution in [0.3, 0.4) is 0 Å². The van der Waals surface area contributed by atoms with Gasteiger partial charge in [-0.1, -0.05) is 0 Å². The molecular formula is C19H39N7O4. The fourth-order valence-electron chi connectivity index (χ4n) is 2.60. The van der Waals surface area contributed by atoms with Crippen LogP contribution in [-0.2, 0) is 19.1 Å². The maximum atomic E-state index is 12.1. The third-order valence-electron chi connectivity index (χ3n) is 4.08. The molecule has 30 heavy (non-hydrogen) atoms. The monoisotopic (exact) mass is 429 g/mol. The van der Waals surface area contributed by atoms with Gasteiger partial charge in [-0.3, -0.25) is 19.4 Å². The molecule has 0 radical (unpaired) electrons. The molecule has 0 spiro atoms. The van der Waals surface area contributed by atoms with E-state index in [9.17, 15) is 14.4 Å². The first-order valence-corrected chi connectivity index (χ1v) is 10.5. The van der Waals surface area contributed by atoms with E-state index >= 15 is 0 Å². The van der Waals surface area contributed by atoms with Gasteiger partial charge in [0.1, 0.15) is 6.10 Å². The van der Waals surface area contributed by atoms with E-state index in [-0.39, 0.29) is 30.7 Å². The summed E-state index contributed by atoms with van der Waals surface area (Å²) in [4.78, 5) is 39.0. The number of rotatable bonds is 18. The third-order valence-corrected chi connectivity index (χ3v) is 4.08. The van der Waals surface area contributed by atoms with Gasteiger partial charge in [0.15, 0.2) is 5.96 Å². The number of nitrogens with zero attached hydrogens (tertiary/aromatic N) is 1. The van der Waals surface area contributed by atoms with Gasteiger partial charge in [-0.15, -0.1) is 0 Å². The number of unbranched alkanes of at least 4 members (excludes halogenated alkanes) is 2. The highest BCUT2D eigenvalue weighted by Gasteiger charge is 2.17. The van der Waals surface area contributed by atoms with Crippen molar-refractivity contribution < 1.29 is 19.1 Å². The van der Waals surface area contributed by atoms with E-state index < -0.39 is 12.1 Å². The second kappa shape index (κ2) is 18.6. The summed E-state index contributed by atoms with van der Waals surface area (Å²) in [5.41, 5.74) is 15.9. The quantitative estimate of drug-likeness (QED) is 0.0671. The van der Waals surface area contributed by atoms with Crippen molar-refractivity contribution in [2.75, 3.05) is 39.3 Å². The molecule has 2 amide bonds. The Bertz CT molecular complexity index is 525. The zero-order valence-electron chi connectivity index (χ0n) is 18.1. The van der Waals surface area contributed by atoms with E-state index in [1.165, 1.54) is 6.92 Å². The van der Waals surface area contributed by atoms with E-state index in [0.717, 1.165) is 32.4 Å². The van der Waals surface area contributed by atoms with E-state index in [2.05, 4.69) is 20.9 Å². The van der Waals surface area contributed by atoms with Crippen molar-refractivity contribution >= 4 is 23.7 Å². The van der Waals surface area contributed by atoms with Crippen LogP contribution in [0.25, 0.3) is 0 Å². The first-order valence-electron chi connectivity index (χ1n) is 10.5. The summed E-state index contributed by atoms with van der Waals surface area (Å²) in [5.74, 6) is -1.01. The average molecular weight is 430 g/mol. The molecule has 0 aromatic rings. The standard InChI is InChI=1S/C19H39N7O4/c1-15(27)30-16(7-2-3-12-25-19(21)22)13-17(28)26-14-18(29)24-11-5-4-9-23-10-6-8-20/h16,23H,2-14,20H2,1H3,(H,24,29)(H,26,28)(H4,21,22,25). The number of hydrogen-bond donors (Lipinski definition) is 6. The summed E-state index contributed by atoms with van der Waals surface area (Å²) in [5, 5.41) is 8.59. The van der Waals surface area contributed by atoms with Crippen LogP contribution in [0.15, 0.2) is 4.99 Å². The lowest BCUT2D eigenvalue weighted by molar-refractivity contribution is -0.148. The van der Waals surface area contributed by atoms with Gasteiger partial charge < -0.3 is 37.9 Å². The first-order chi connectivity index (χ1) is 14.3. The summed E-state index contributed by atoms with van der Waals surface area (Å²) in [6.45, 7) is 4.69. The lowest BCUT2D eigenvalue weighted by Gasteiger charge is -2.16. The van der Waals surface area contributed by atoms with Crippen molar-refractivity contribution in [1.29, 1.82) is 0 Å². The fourth-order valence-corrected chi connectivity index (χ4v) is 2.60. The Morgan fingerprint density at radius 2 is 1.63 bits per heavy atom. The molecule has 0 bridgehead atoms. The van der Waals surface area contributed by atoms with E-state index in [1.807, 2.05) is 0 Å². The number of amides is 2. The third kappa shape index (κ3) is 18.9. The Morgan fingerprint density at radius 3 is 2.30 bits per heavy atom. The Kier molecular flexibility index (Phi) is 17.1. The van der Waals surface area contributed by atoms with Gasteiger partial charge in [0.2, 0.25) is 11.8 Å². The molecule has 0 rings (SSSR count). The summed E-state index contributed by atoms with van der Waals surface area (Å²) in [6, 6.07) is 0. The van der Waals surface area contributed by atoms with Crippen molar-refractivity contribution in [2.45, 2.75) is 58.0 Å². The maximum absolute atomic E-state index is 12.1. The average Bonchev–Trinajstić information content (AvgIpc) is 2.67. The molecule has 0 saturated heterocycles. The summed E-state index contributed by atoms with van der Waals surface area (Å²) in [6.07, 6.45) is 4.13. The Morgan fingerprint density at radius 1 is 0.933 bits per heavy atom. The minimum absolute atomic E-state index is 0.00360. The van der Waals surface area contributed by atoms with Gasteiger partial charge in [0.25, 0.3) is 0 Å². The largest absolute Gasteiger partial charge is 0.462 e. The number of esters is 1. The lowest BCUT2D eigenvalue weighted by atomic mass is 10.1. The second-order valence-electron chi connectivity index (χ2n) is 6.96. The molecule has 174 valence electrons. The predicted octanol–water partition coefficient (Wildman–Crippen LogP) is -1.30. The molecule has 0 aromatic heterocycles. The molecule has 0 heterocycles. The van der Waals surface area contributed by atoms with Crippen LogP contribution >= 0.6 is 0 Å². The minimum atomic E-state index is -0.545. The highest BCUT2D eigenvalue weighted by atomic mass is 16.5. The number of hydrogen-bond acceptors (Lipinski definition) is 7. The number of carbonyl (C=O) groups is 3. The van der Waals surface area contributed by atoms with Crippen molar-refractivity contribution in [3.63, 3.8) is 0 Å². The minimum Gasteiger partial charge on any atom is -0.462 e. The number of carbonyl (C=O) groups excluding carboxylic acids is 3. The number of ether oxygens (including phenoxy) is 1. The Labute approximate surface area is 178 Å². The van der Waals surface area contributed by atoms with E-state index in [1.54, 1.807) is 0 Å². The van der Waals surface area contributed by atoms with Crippen molar-refractivity contribution in [3.05, 3.63) is 0 Å². The van der Waals surface area contributed by atoms with Gasteiger partial charge in [-0.05, 0) is 58.2 Å². The molecule has 0 fully saturated rings. The lowest BCUT2D eigenvalue weighted by Crippen LogP contribution is -2.38. The summed E-state index contributed by atoms with van der Waals surface area (Å²) in [7, 11) is 0. The van der Waals surface area contributed by atoms with Crippen LogP contribution in [0.2, 0.25) is 0 Å². The van der Waals surface area contributed by atoms with Gasteiger partial charge in [0, 0.05) is 20.0 Å². The van der Waals surface area contributed by atoms with E-state index in [4.69, 9.17) is 21.9 Å².